The Bertz CT molecular complexity index is 427. The second-order valence-electron chi connectivity index (χ2n) is 5.15. The van der Waals surface area contributed by atoms with Crippen molar-refractivity contribution < 1.29 is 4.74 Å². The maximum atomic E-state index is 6.11. The van der Waals surface area contributed by atoms with Gasteiger partial charge in [-0.25, -0.2) is 0 Å². The smallest absolute Gasteiger partial charge is 0.0669 e. The van der Waals surface area contributed by atoms with Gasteiger partial charge in [0.15, 0.2) is 0 Å². The summed E-state index contributed by atoms with van der Waals surface area (Å²) in [5.41, 5.74) is 7.35. The first-order valence-electron chi connectivity index (χ1n) is 6.92. The first-order valence-corrected chi connectivity index (χ1v) is 8.18. The molecule has 0 aliphatic carbocycles. The monoisotopic (exact) mass is 299 g/mol. The minimum Gasteiger partial charge on any atom is -0.377 e. The highest BCUT2D eigenvalue weighted by molar-refractivity contribution is 8.00. The number of hydrogen-bond acceptors (Lipinski definition) is 3. The van der Waals surface area contributed by atoms with E-state index in [9.17, 15) is 0 Å². The molecule has 0 aromatic heterocycles. The van der Waals surface area contributed by atoms with Gasteiger partial charge in [-0.15, -0.1) is 11.8 Å². The molecule has 3 unspecified atom stereocenters. The fourth-order valence-electron chi connectivity index (χ4n) is 2.28. The summed E-state index contributed by atoms with van der Waals surface area (Å²) in [6.07, 6.45) is 3.32. The number of hydrogen-bond donors (Lipinski definition) is 1. The molecular weight excluding hydrogens is 278 g/mol. The predicted octanol–water partition coefficient (Wildman–Crippen LogP) is 3.89. The first-order chi connectivity index (χ1) is 9.10. The van der Waals surface area contributed by atoms with E-state index in [1.807, 2.05) is 17.8 Å². The van der Waals surface area contributed by atoms with E-state index in [0.717, 1.165) is 30.9 Å². The lowest BCUT2D eigenvalue weighted by molar-refractivity contribution is 0.127. The van der Waals surface area contributed by atoms with Gasteiger partial charge in [-0.2, -0.15) is 0 Å². The van der Waals surface area contributed by atoms with Gasteiger partial charge in [0.25, 0.3) is 0 Å². The lowest BCUT2D eigenvalue weighted by Crippen LogP contribution is -2.22. The Kier molecular flexibility index (Phi) is 5.58. The number of halogens is 1. The molecule has 0 radical (unpaired) electrons. The summed E-state index contributed by atoms with van der Waals surface area (Å²) in [5.74, 6) is 0. The Morgan fingerprint density at radius 2 is 2.32 bits per heavy atom. The van der Waals surface area contributed by atoms with E-state index < -0.39 is 0 Å². The molecule has 1 aliphatic heterocycles. The second-order valence-corrected chi connectivity index (χ2v) is 6.86. The van der Waals surface area contributed by atoms with Crippen molar-refractivity contribution in [1.82, 2.24) is 0 Å². The molecule has 0 spiro atoms. The lowest BCUT2D eigenvalue weighted by Gasteiger charge is -2.18. The van der Waals surface area contributed by atoms with E-state index in [0.29, 0.717) is 11.4 Å². The molecule has 0 bridgehead atoms. The lowest BCUT2D eigenvalue weighted by atomic mass is 10.0. The van der Waals surface area contributed by atoms with Crippen molar-refractivity contribution in [2.24, 2.45) is 5.73 Å². The van der Waals surface area contributed by atoms with Crippen LogP contribution in [-0.2, 0) is 11.2 Å². The zero-order valence-corrected chi connectivity index (χ0v) is 13.1. The topological polar surface area (TPSA) is 35.2 Å². The van der Waals surface area contributed by atoms with Gasteiger partial charge in [-0.3, -0.25) is 0 Å². The Morgan fingerprint density at radius 3 is 2.95 bits per heavy atom. The minimum absolute atomic E-state index is 0.204. The highest BCUT2D eigenvalue weighted by Gasteiger charge is 2.26. The Hall–Kier alpha value is -0.220. The third kappa shape index (κ3) is 4.12. The molecule has 1 aromatic rings. The minimum atomic E-state index is 0.204. The molecule has 3 atom stereocenters. The van der Waals surface area contributed by atoms with Crippen molar-refractivity contribution in [2.45, 2.75) is 55.4 Å². The fourth-order valence-corrected chi connectivity index (χ4v) is 3.72. The third-order valence-corrected chi connectivity index (χ3v) is 5.42. The van der Waals surface area contributed by atoms with Crippen LogP contribution >= 0.6 is 23.4 Å². The van der Waals surface area contributed by atoms with Crippen molar-refractivity contribution >= 4 is 23.4 Å². The van der Waals surface area contributed by atoms with E-state index >= 15 is 0 Å². The largest absolute Gasteiger partial charge is 0.377 e. The number of nitrogens with two attached hydrogens (primary N) is 1. The van der Waals surface area contributed by atoms with Crippen LogP contribution in [0.25, 0.3) is 0 Å². The molecule has 1 aromatic carbocycles. The Morgan fingerprint density at radius 1 is 1.53 bits per heavy atom. The van der Waals surface area contributed by atoms with Crippen molar-refractivity contribution in [3.8, 4) is 0 Å². The van der Waals surface area contributed by atoms with Crippen molar-refractivity contribution in [1.29, 1.82) is 0 Å². The van der Waals surface area contributed by atoms with Gasteiger partial charge in [0.05, 0.1) is 6.10 Å². The van der Waals surface area contributed by atoms with Gasteiger partial charge < -0.3 is 10.5 Å². The zero-order chi connectivity index (χ0) is 13.8. The SMILES string of the molecule is CCC(N)Cc1cc(Cl)ccc1SC1CCOC1C. The molecule has 106 valence electrons. The van der Waals surface area contributed by atoms with Gasteiger partial charge >= 0.3 is 0 Å². The van der Waals surface area contributed by atoms with Crippen LogP contribution in [0.15, 0.2) is 23.1 Å². The molecule has 0 saturated carbocycles. The molecule has 1 saturated heterocycles. The van der Waals surface area contributed by atoms with E-state index in [4.69, 9.17) is 22.1 Å². The normalized spacial score (nSPS) is 24.6. The summed E-state index contributed by atoms with van der Waals surface area (Å²) in [6.45, 7) is 5.14. The summed E-state index contributed by atoms with van der Waals surface area (Å²) in [5, 5.41) is 1.33. The molecule has 1 aliphatic rings. The van der Waals surface area contributed by atoms with Crippen LogP contribution in [-0.4, -0.2) is 24.0 Å². The van der Waals surface area contributed by atoms with Crippen LogP contribution in [0.2, 0.25) is 5.02 Å². The number of thioether (sulfide) groups is 1. The third-order valence-electron chi connectivity index (χ3n) is 3.61. The van der Waals surface area contributed by atoms with Crippen LogP contribution in [0.1, 0.15) is 32.3 Å². The molecule has 19 heavy (non-hydrogen) atoms. The molecule has 2 N–H and O–H groups in total. The fraction of sp³-hybridized carbons (Fsp3) is 0.600. The first kappa shape index (κ1) is 15.2. The number of rotatable bonds is 5. The Balaban J connectivity index is 2.14. The molecule has 2 rings (SSSR count). The van der Waals surface area contributed by atoms with Gasteiger partial charge in [0.2, 0.25) is 0 Å². The highest BCUT2D eigenvalue weighted by atomic mass is 35.5. The van der Waals surface area contributed by atoms with Crippen molar-refractivity contribution in [3.05, 3.63) is 28.8 Å². The zero-order valence-electron chi connectivity index (χ0n) is 11.6. The van der Waals surface area contributed by atoms with E-state index in [1.54, 1.807) is 0 Å². The average molecular weight is 300 g/mol. The predicted molar refractivity (Wildman–Crippen MR) is 83.1 cm³/mol. The van der Waals surface area contributed by atoms with Crippen LogP contribution in [0, 0.1) is 0 Å². The van der Waals surface area contributed by atoms with Crippen LogP contribution in [0.3, 0.4) is 0 Å². The number of ether oxygens (including phenoxy) is 1. The standard InChI is InChI=1S/C15H22ClNOS/c1-3-13(17)9-11-8-12(16)4-5-15(11)19-14-6-7-18-10(14)2/h4-5,8,10,13-14H,3,6-7,9,17H2,1-2H3. The van der Waals surface area contributed by atoms with E-state index in [1.165, 1.54) is 10.5 Å². The van der Waals surface area contributed by atoms with Crippen LogP contribution < -0.4 is 5.73 Å². The number of benzene rings is 1. The second kappa shape index (κ2) is 6.98. The highest BCUT2D eigenvalue weighted by Crippen LogP contribution is 2.35. The summed E-state index contributed by atoms with van der Waals surface area (Å²) >= 11 is 8.02. The molecule has 2 nitrogen and oxygen atoms in total. The van der Waals surface area contributed by atoms with Crippen LogP contribution in [0.5, 0.6) is 0 Å². The molecule has 4 heteroatoms. The summed E-state index contributed by atoms with van der Waals surface area (Å²) in [7, 11) is 0. The maximum Gasteiger partial charge on any atom is 0.0669 e. The van der Waals surface area contributed by atoms with Gasteiger partial charge in [-0.1, -0.05) is 18.5 Å². The molecule has 0 amide bonds. The van der Waals surface area contributed by atoms with Gasteiger partial charge in [0, 0.05) is 27.8 Å². The molecule has 1 fully saturated rings. The summed E-state index contributed by atoms with van der Waals surface area (Å²) in [4.78, 5) is 1.30. The average Bonchev–Trinajstić information content (AvgIpc) is 2.78. The van der Waals surface area contributed by atoms with Crippen molar-refractivity contribution in [3.63, 3.8) is 0 Å². The Labute approximate surface area is 125 Å². The summed E-state index contributed by atoms with van der Waals surface area (Å²) < 4.78 is 5.63. The molecular formula is C15H22ClNOS. The maximum absolute atomic E-state index is 6.11. The van der Waals surface area contributed by atoms with Gasteiger partial charge in [0.1, 0.15) is 0 Å². The molecule has 1 heterocycles. The van der Waals surface area contributed by atoms with E-state index in [-0.39, 0.29) is 6.04 Å². The van der Waals surface area contributed by atoms with Crippen molar-refractivity contribution in [2.75, 3.05) is 6.61 Å². The summed E-state index contributed by atoms with van der Waals surface area (Å²) in [6, 6.07) is 6.34. The van der Waals surface area contributed by atoms with E-state index in [2.05, 4.69) is 26.0 Å². The van der Waals surface area contributed by atoms with Gasteiger partial charge in [-0.05, 0) is 49.9 Å². The van der Waals surface area contributed by atoms with Crippen LogP contribution in [0.4, 0.5) is 0 Å². The quantitative estimate of drug-likeness (QED) is 0.896.